The summed E-state index contributed by atoms with van der Waals surface area (Å²) in [6, 6.07) is 7.91. The topological polar surface area (TPSA) is 83.6 Å². The molecule has 28 heavy (non-hydrogen) atoms. The molecular formula is C20H30IN5O2. The molecule has 1 heterocycles. The monoisotopic (exact) mass is 499 g/mol. The first-order valence-electron chi connectivity index (χ1n) is 9.63. The van der Waals surface area contributed by atoms with Crippen molar-refractivity contribution in [3.63, 3.8) is 0 Å². The number of hydrogen-bond acceptors (Lipinski definition) is 4. The molecule has 1 aliphatic carbocycles. The first-order chi connectivity index (χ1) is 13.3. The lowest BCUT2D eigenvalue weighted by molar-refractivity contribution is 0.198. The van der Waals surface area contributed by atoms with E-state index in [1.807, 2.05) is 25.1 Å². The van der Waals surface area contributed by atoms with Crippen LogP contribution in [-0.4, -0.2) is 35.9 Å². The molecule has 1 aromatic heterocycles. The number of rotatable bonds is 8. The molecule has 3 rings (SSSR count). The van der Waals surface area contributed by atoms with Gasteiger partial charge in [0.05, 0.1) is 32.0 Å². The fourth-order valence-corrected chi connectivity index (χ4v) is 3.22. The van der Waals surface area contributed by atoms with Gasteiger partial charge in [0.15, 0.2) is 17.5 Å². The van der Waals surface area contributed by atoms with Crippen molar-refractivity contribution in [1.82, 2.24) is 20.8 Å². The Balaban J connectivity index is 0.00000280. The van der Waals surface area contributed by atoms with E-state index in [9.17, 15) is 0 Å². The summed E-state index contributed by atoms with van der Waals surface area (Å²) < 4.78 is 11.8. The van der Waals surface area contributed by atoms with E-state index >= 15 is 0 Å². The fraction of sp³-hybridized carbons (Fsp3) is 0.500. The maximum Gasteiger partial charge on any atom is 0.191 e. The Morgan fingerprint density at radius 3 is 2.75 bits per heavy atom. The van der Waals surface area contributed by atoms with Crippen LogP contribution in [0.15, 0.2) is 35.5 Å². The number of benzene rings is 1. The minimum Gasteiger partial charge on any atom is -0.493 e. The smallest absolute Gasteiger partial charge is 0.191 e. The highest BCUT2D eigenvalue weighted by molar-refractivity contribution is 14.0. The summed E-state index contributed by atoms with van der Waals surface area (Å²) in [7, 11) is 1.68. The van der Waals surface area contributed by atoms with Gasteiger partial charge in [-0.05, 0) is 44.7 Å². The van der Waals surface area contributed by atoms with Crippen molar-refractivity contribution in [1.29, 1.82) is 0 Å². The number of methoxy groups -OCH3 is 1. The average Bonchev–Trinajstić information content (AvgIpc) is 3.39. The summed E-state index contributed by atoms with van der Waals surface area (Å²) >= 11 is 0. The zero-order chi connectivity index (χ0) is 18.9. The number of H-pyrrole nitrogens is 1. The summed E-state index contributed by atoms with van der Waals surface area (Å²) in [5.74, 6) is 2.34. The molecule has 2 aromatic rings. The minimum atomic E-state index is 0. The van der Waals surface area contributed by atoms with Crippen LogP contribution in [0.1, 0.15) is 43.9 Å². The van der Waals surface area contributed by atoms with E-state index < -0.39 is 0 Å². The van der Waals surface area contributed by atoms with Crippen molar-refractivity contribution in [3.8, 4) is 11.5 Å². The van der Waals surface area contributed by atoms with Crippen molar-refractivity contribution in [2.75, 3.05) is 13.7 Å². The molecule has 3 N–H and O–H groups in total. The highest BCUT2D eigenvalue weighted by Gasteiger charge is 2.20. The van der Waals surface area contributed by atoms with Crippen molar-refractivity contribution >= 4 is 29.9 Å². The average molecular weight is 499 g/mol. The number of nitrogens with one attached hydrogen (secondary N) is 3. The van der Waals surface area contributed by atoms with Crippen molar-refractivity contribution in [3.05, 3.63) is 41.7 Å². The Hall–Kier alpha value is -1.97. The maximum atomic E-state index is 6.29. The van der Waals surface area contributed by atoms with Crippen molar-refractivity contribution < 1.29 is 9.47 Å². The molecular weight excluding hydrogens is 469 g/mol. The number of aliphatic imine (C=N–C) groups is 1. The Labute approximate surface area is 183 Å². The number of guanidine groups is 1. The van der Waals surface area contributed by atoms with E-state index in [2.05, 4.69) is 26.9 Å². The third kappa shape index (κ3) is 6.29. The predicted octanol–water partition coefficient (Wildman–Crippen LogP) is 3.61. The second-order valence-corrected chi connectivity index (χ2v) is 6.60. The molecule has 0 aliphatic heterocycles. The normalized spacial score (nSPS) is 14.4. The number of halogens is 1. The predicted molar refractivity (Wildman–Crippen MR) is 122 cm³/mol. The fourth-order valence-electron chi connectivity index (χ4n) is 3.22. The molecule has 8 heteroatoms. The highest BCUT2D eigenvalue weighted by atomic mass is 127. The molecule has 0 spiro atoms. The molecule has 0 bridgehead atoms. The van der Waals surface area contributed by atoms with Gasteiger partial charge in [-0.1, -0.05) is 12.1 Å². The van der Waals surface area contributed by atoms with Crippen LogP contribution in [-0.2, 0) is 13.1 Å². The van der Waals surface area contributed by atoms with Crippen LogP contribution < -0.4 is 20.1 Å². The van der Waals surface area contributed by atoms with E-state index in [-0.39, 0.29) is 30.1 Å². The van der Waals surface area contributed by atoms with Crippen molar-refractivity contribution in [2.45, 2.75) is 51.8 Å². The molecule has 1 fully saturated rings. The van der Waals surface area contributed by atoms with E-state index in [0.29, 0.717) is 13.1 Å². The first-order valence-corrected chi connectivity index (χ1v) is 9.63. The molecule has 1 aromatic carbocycles. The van der Waals surface area contributed by atoms with E-state index in [0.717, 1.165) is 48.1 Å². The van der Waals surface area contributed by atoms with Gasteiger partial charge < -0.3 is 20.1 Å². The number of aromatic nitrogens is 2. The number of aromatic amines is 1. The standard InChI is InChI=1S/C20H29N5O2.HI/c1-3-21-20(23-14-16-11-12-24-25-16)22-13-15-7-6-10-18(26-2)19(15)27-17-8-4-5-9-17;/h6-7,10-12,17H,3-5,8-9,13-14H2,1-2H3,(H,24,25)(H2,21,22,23);1H. The lowest BCUT2D eigenvalue weighted by atomic mass is 10.1. The molecule has 0 amide bonds. The van der Waals surface area contributed by atoms with Gasteiger partial charge in [-0.3, -0.25) is 5.10 Å². The Morgan fingerprint density at radius 1 is 1.25 bits per heavy atom. The number of para-hydroxylation sites is 1. The Bertz CT molecular complexity index is 730. The SMILES string of the molecule is CCNC(=NCc1cccc(OC)c1OC1CCCC1)NCc1ccn[nH]1.I. The van der Waals surface area contributed by atoms with Gasteiger partial charge in [0.25, 0.3) is 0 Å². The zero-order valence-corrected chi connectivity index (χ0v) is 18.9. The van der Waals surface area contributed by atoms with E-state index in [1.165, 1.54) is 12.8 Å². The van der Waals surface area contributed by atoms with E-state index in [4.69, 9.17) is 14.5 Å². The van der Waals surface area contributed by atoms with E-state index in [1.54, 1.807) is 13.3 Å². The molecule has 154 valence electrons. The lowest BCUT2D eigenvalue weighted by Crippen LogP contribution is -2.36. The summed E-state index contributed by atoms with van der Waals surface area (Å²) in [4.78, 5) is 4.72. The molecule has 0 radical (unpaired) electrons. The van der Waals surface area contributed by atoms with Gasteiger partial charge in [0.2, 0.25) is 0 Å². The lowest BCUT2D eigenvalue weighted by Gasteiger charge is -2.19. The summed E-state index contributed by atoms with van der Waals surface area (Å²) in [5.41, 5.74) is 2.03. The highest BCUT2D eigenvalue weighted by Crippen LogP contribution is 2.35. The molecule has 0 saturated heterocycles. The molecule has 0 atom stereocenters. The second kappa shape index (κ2) is 11.8. The third-order valence-corrected chi connectivity index (χ3v) is 4.62. The van der Waals surface area contributed by atoms with Gasteiger partial charge >= 0.3 is 0 Å². The Morgan fingerprint density at radius 2 is 2.07 bits per heavy atom. The number of hydrogen-bond donors (Lipinski definition) is 3. The minimum absolute atomic E-state index is 0. The molecule has 7 nitrogen and oxygen atoms in total. The van der Waals surface area contributed by atoms with Crippen LogP contribution >= 0.6 is 24.0 Å². The quantitative estimate of drug-likeness (QED) is 0.294. The number of nitrogens with zero attached hydrogens (tertiary/aromatic N) is 2. The maximum absolute atomic E-state index is 6.29. The number of ether oxygens (including phenoxy) is 2. The van der Waals surface area contributed by atoms with Gasteiger partial charge in [0, 0.05) is 18.3 Å². The van der Waals surface area contributed by atoms with Gasteiger partial charge in [-0.2, -0.15) is 5.10 Å². The molecule has 0 unspecified atom stereocenters. The van der Waals surface area contributed by atoms with Gasteiger partial charge in [0.1, 0.15) is 0 Å². The largest absolute Gasteiger partial charge is 0.493 e. The van der Waals surface area contributed by atoms with Crippen LogP contribution in [0.4, 0.5) is 0 Å². The van der Waals surface area contributed by atoms with Crippen LogP contribution in [0.25, 0.3) is 0 Å². The van der Waals surface area contributed by atoms with Crippen LogP contribution in [0.2, 0.25) is 0 Å². The van der Waals surface area contributed by atoms with Crippen LogP contribution in [0.5, 0.6) is 11.5 Å². The first kappa shape index (κ1) is 22.3. The van der Waals surface area contributed by atoms with Crippen molar-refractivity contribution in [2.24, 2.45) is 4.99 Å². The van der Waals surface area contributed by atoms with Crippen LogP contribution in [0.3, 0.4) is 0 Å². The zero-order valence-electron chi connectivity index (χ0n) is 16.5. The summed E-state index contributed by atoms with van der Waals surface area (Å²) in [6.07, 6.45) is 6.69. The van der Waals surface area contributed by atoms with Gasteiger partial charge in [-0.15, -0.1) is 24.0 Å². The van der Waals surface area contributed by atoms with Gasteiger partial charge in [-0.25, -0.2) is 4.99 Å². The molecule has 1 aliphatic rings. The summed E-state index contributed by atoms with van der Waals surface area (Å²) in [6.45, 7) is 3.98. The summed E-state index contributed by atoms with van der Waals surface area (Å²) in [5, 5.41) is 13.5. The second-order valence-electron chi connectivity index (χ2n) is 6.60. The third-order valence-electron chi connectivity index (χ3n) is 4.62. The molecule has 1 saturated carbocycles. The Kier molecular flexibility index (Phi) is 9.39. The van der Waals surface area contributed by atoms with Crippen LogP contribution in [0, 0.1) is 0 Å².